The van der Waals surface area contributed by atoms with Crippen LogP contribution in [0.15, 0.2) is 66.0 Å². The van der Waals surface area contributed by atoms with Crippen molar-refractivity contribution in [2.75, 3.05) is 26.9 Å². The van der Waals surface area contributed by atoms with Gasteiger partial charge >= 0.3 is 12.1 Å². The van der Waals surface area contributed by atoms with Crippen LogP contribution >= 0.6 is 0 Å². The molecule has 15 heteroatoms. The van der Waals surface area contributed by atoms with Crippen LogP contribution in [0.2, 0.25) is 0 Å². The van der Waals surface area contributed by atoms with Crippen molar-refractivity contribution in [3.63, 3.8) is 0 Å². The topological polar surface area (TPSA) is 133 Å². The van der Waals surface area contributed by atoms with Gasteiger partial charge in [0.05, 0.1) is 12.2 Å². The molecule has 4 rings (SSSR count). The number of esters is 1. The lowest BCUT2D eigenvalue weighted by molar-refractivity contribution is -0.143. The highest BCUT2D eigenvalue weighted by Crippen LogP contribution is 2.39. The van der Waals surface area contributed by atoms with E-state index in [0.717, 1.165) is 29.2 Å². The number of pyridine rings is 1. The molecule has 2 aromatic heterocycles. The van der Waals surface area contributed by atoms with Crippen molar-refractivity contribution in [3.05, 3.63) is 78.5 Å². The predicted octanol–water partition coefficient (Wildman–Crippen LogP) is 4.58. The molecule has 2 heterocycles. The summed E-state index contributed by atoms with van der Waals surface area (Å²) in [6, 6.07) is 8.51. The molecule has 0 aliphatic rings. The van der Waals surface area contributed by atoms with E-state index in [1.807, 2.05) is 4.72 Å². The van der Waals surface area contributed by atoms with Crippen molar-refractivity contribution in [2.45, 2.75) is 25.3 Å². The Bertz CT molecular complexity index is 1780. The van der Waals surface area contributed by atoms with Crippen molar-refractivity contribution >= 4 is 22.1 Å². The van der Waals surface area contributed by atoms with E-state index in [-0.39, 0.29) is 12.3 Å². The molecule has 232 valence electrons. The molecule has 0 atom stereocenters. The molecule has 4 aromatic rings. The second-order valence-electron chi connectivity index (χ2n) is 9.25. The predicted molar refractivity (Wildman–Crippen MR) is 153 cm³/mol. The van der Waals surface area contributed by atoms with E-state index in [2.05, 4.69) is 10.1 Å². The number of ether oxygens (including phenoxy) is 2. The van der Waals surface area contributed by atoms with Crippen molar-refractivity contribution in [1.29, 1.82) is 0 Å². The van der Waals surface area contributed by atoms with E-state index in [0.29, 0.717) is 17.7 Å². The minimum absolute atomic E-state index is 0.0320. The van der Waals surface area contributed by atoms with E-state index in [1.165, 1.54) is 30.2 Å². The van der Waals surface area contributed by atoms with Gasteiger partial charge < -0.3 is 14.4 Å². The second-order valence-corrected chi connectivity index (χ2v) is 11.0. The SMILES string of the molecule is CCOC(=O)CN(C)C(=O)OCNS(=O)(=O)c1cccc(-c2ccc(F)c(-c3nn(CC)cc3-c3ccncc3)c2F)c1F. The van der Waals surface area contributed by atoms with Crippen molar-refractivity contribution < 1.29 is 40.7 Å². The Balaban J connectivity index is 1.64. The minimum atomic E-state index is -4.63. The molecule has 2 aromatic carbocycles. The molecule has 11 nitrogen and oxygen atoms in total. The molecule has 0 saturated heterocycles. The zero-order valence-electron chi connectivity index (χ0n) is 23.9. The summed E-state index contributed by atoms with van der Waals surface area (Å²) in [5.41, 5.74) is -0.417. The highest BCUT2D eigenvalue weighted by Gasteiger charge is 2.27. The van der Waals surface area contributed by atoms with E-state index < -0.39 is 74.4 Å². The van der Waals surface area contributed by atoms with Gasteiger partial charge in [0.1, 0.15) is 28.8 Å². The fourth-order valence-electron chi connectivity index (χ4n) is 4.24. The summed E-state index contributed by atoms with van der Waals surface area (Å²) in [6.45, 7) is 2.55. The number of sulfonamides is 1. The van der Waals surface area contributed by atoms with Crippen LogP contribution in [0.5, 0.6) is 0 Å². The summed E-state index contributed by atoms with van der Waals surface area (Å²) in [6.07, 6.45) is 3.61. The maximum absolute atomic E-state index is 16.1. The zero-order chi connectivity index (χ0) is 32.0. The summed E-state index contributed by atoms with van der Waals surface area (Å²) >= 11 is 0. The number of hydrogen-bond acceptors (Lipinski definition) is 8. The molecule has 44 heavy (non-hydrogen) atoms. The van der Waals surface area contributed by atoms with Gasteiger partial charge in [-0.25, -0.2) is 26.4 Å². The van der Waals surface area contributed by atoms with Gasteiger partial charge in [0.15, 0.2) is 12.5 Å². The molecular weight excluding hydrogens is 603 g/mol. The van der Waals surface area contributed by atoms with Crippen LogP contribution in [0.1, 0.15) is 13.8 Å². The van der Waals surface area contributed by atoms with Crippen LogP contribution < -0.4 is 4.72 Å². The highest BCUT2D eigenvalue weighted by molar-refractivity contribution is 7.89. The third-order valence-corrected chi connectivity index (χ3v) is 7.77. The third-order valence-electron chi connectivity index (χ3n) is 6.38. The summed E-state index contributed by atoms with van der Waals surface area (Å²) in [5.74, 6) is -4.13. The van der Waals surface area contributed by atoms with E-state index in [4.69, 9.17) is 9.47 Å². The molecule has 0 fully saturated rings. The number of nitrogens with one attached hydrogen (secondary N) is 1. The number of benzene rings is 2. The number of aryl methyl sites for hydroxylation is 1. The molecule has 0 bridgehead atoms. The van der Waals surface area contributed by atoms with Crippen molar-refractivity contribution in [2.24, 2.45) is 0 Å². The van der Waals surface area contributed by atoms with Crippen LogP contribution in [-0.4, -0.2) is 67.1 Å². The Morgan fingerprint density at radius 1 is 0.955 bits per heavy atom. The first kappa shape index (κ1) is 32.2. The van der Waals surface area contributed by atoms with Gasteiger partial charge in [0.2, 0.25) is 10.0 Å². The van der Waals surface area contributed by atoms with Crippen LogP contribution in [0.25, 0.3) is 33.5 Å². The summed E-state index contributed by atoms with van der Waals surface area (Å²) < 4.78 is 85.8. The summed E-state index contributed by atoms with van der Waals surface area (Å²) in [7, 11) is -3.40. The lowest BCUT2D eigenvalue weighted by atomic mass is 9.96. The Morgan fingerprint density at radius 2 is 1.66 bits per heavy atom. The minimum Gasteiger partial charge on any atom is -0.465 e. The number of halogens is 3. The lowest BCUT2D eigenvalue weighted by Gasteiger charge is -2.16. The van der Waals surface area contributed by atoms with E-state index in [9.17, 15) is 18.0 Å². The van der Waals surface area contributed by atoms with Gasteiger partial charge in [-0.1, -0.05) is 12.1 Å². The van der Waals surface area contributed by atoms with Crippen LogP contribution in [0.3, 0.4) is 0 Å². The molecule has 0 radical (unpaired) electrons. The number of carbonyl (C=O) groups excluding carboxylic acids is 2. The second kappa shape index (κ2) is 13.7. The summed E-state index contributed by atoms with van der Waals surface area (Å²) in [4.78, 5) is 27.5. The molecule has 0 spiro atoms. The number of nitrogens with zero attached hydrogens (tertiary/aromatic N) is 4. The lowest BCUT2D eigenvalue weighted by Crippen LogP contribution is -2.36. The number of aromatic nitrogens is 3. The Hall–Kier alpha value is -4.76. The van der Waals surface area contributed by atoms with E-state index in [1.54, 1.807) is 32.2 Å². The monoisotopic (exact) mass is 631 g/mol. The number of carbonyl (C=O) groups is 2. The van der Waals surface area contributed by atoms with Gasteiger partial charge in [-0.15, -0.1) is 0 Å². The van der Waals surface area contributed by atoms with Gasteiger partial charge in [-0.3, -0.25) is 14.5 Å². The first-order valence-corrected chi connectivity index (χ1v) is 14.7. The smallest absolute Gasteiger partial charge is 0.411 e. The molecule has 0 unspecified atom stereocenters. The van der Waals surface area contributed by atoms with E-state index >= 15 is 13.2 Å². The molecular formula is C29H28F3N5O6S. The Labute approximate surface area is 251 Å². The Kier molecular flexibility index (Phi) is 10.0. The first-order chi connectivity index (χ1) is 21.0. The highest BCUT2D eigenvalue weighted by atomic mass is 32.2. The quantitative estimate of drug-likeness (QED) is 0.188. The van der Waals surface area contributed by atoms with Gasteiger partial charge in [-0.05, 0) is 49.7 Å². The fraction of sp³-hybridized carbons (Fsp3) is 0.241. The Morgan fingerprint density at radius 3 is 2.34 bits per heavy atom. The van der Waals surface area contributed by atoms with Crippen LogP contribution in [0, 0.1) is 17.5 Å². The molecule has 0 aliphatic heterocycles. The molecule has 0 saturated carbocycles. The van der Waals surface area contributed by atoms with Gasteiger partial charge in [-0.2, -0.15) is 9.82 Å². The molecule has 0 aliphatic carbocycles. The molecule has 1 amide bonds. The average Bonchev–Trinajstić information content (AvgIpc) is 3.42. The fourth-order valence-corrected chi connectivity index (χ4v) is 5.21. The maximum atomic E-state index is 16.1. The van der Waals surface area contributed by atoms with Gasteiger partial charge in [0, 0.05) is 48.9 Å². The standard InChI is InChI=1S/C29H28F3N5O6S/c1-4-37-15-21(18-11-13-33-14-12-18)28(35-37)25-22(30)10-9-20(27(25)32)19-7-6-8-23(26(19)31)44(40,41)34-17-43-29(39)36(3)16-24(38)42-5-2/h6-15,34H,4-5,16-17H2,1-3H3. The number of rotatable bonds is 11. The maximum Gasteiger partial charge on any atom is 0.411 e. The molecule has 1 N–H and O–H groups in total. The average molecular weight is 632 g/mol. The van der Waals surface area contributed by atoms with Crippen molar-refractivity contribution in [1.82, 2.24) is 24.4 Å². The normalized spacial score (nSPS) is 11.3. The number of hydrogen-bond donors (Lipinski definition) is 1. The van der Waals surface area contributed by atoms with Crippen LogP contribution in [-0.2, 0) is 30.8 Å². The van der Waals surface area contributed by atoms with Gasteiger partial charge in [0.25, 0.3) is 0 Å². The van der Waals surface area contributed by atoms with Crippen molar-refractivity contribution in [3.8, 4) is 33.5 Å². The number of likely N-dealkylation sites (N-methyl/N-ethyl adjacent to an activating group) is 1. The number of amides is 1. The van der Waals surface area contributed by atoms with Crippen LogP contribution in [0.4, 0.5) is 18.0 Å². The zero-order valence-corrected chi connectivity index (χ0v) is 24.7. The third kappa shape index (κ3) is 6.89. The summed E-state index contributed by atoms with van der Waals surface area (Å²) in [5, 5.41) is 4.34. The first-order valence-electron chi connectivity index (χ1n) is 13.3. The largest absolute Gasteiger partial charge is 0.465 e.